The van der Waals surface area contributed by atoms with E-state index in [1.807, 2.05) is 13.8 Å². The van der Waals surface area contributed by atoms with E-state index in [1.54, 1.807) is 0 Å². The van der Waals surface area contributed by atoms with E-state index in [-0.39, 0.29) is 30.4 Å². The first-order chi connectivity index (χ1) is 9.45. The smallest absolute Gasteiger partial charge is 0.314 e. The molecule has 0 aromatic carbocycles. The molecule has 0 saturated heterocycles. The molecule has 0 aliphatic rings. The fourth-order valence-corrected chi connectivity index (χ4v) is 1.44. The maximum atomic E-state index is 11.4. The molecule has 116 valence electrons. The predicted octanol–water partition coefficient (Wildman–Crippen LogP) is 0.544. The van der Waals surface area contributed by atoms with E-state index < -0.39 is 0 Å². The Morgan fingerprint density at radius 3 is 2.25 bits per heavy atom. The minimum absolute atomic E-state index is 0.0848. The van der Waals surface area contributed by atoms with Gasteiger partial charge in [-0.3, -0.25) is 9.59 Å². The summed E-state index contributed by atoms with van der Waals surface area (Å²) in [5.41, 5.74) is 0. The van der Waals surface area contributed by atoms with Crippen molar-refractivity contribution in [3.05, 3.63) is 0 Å². The summed E-state index contributed by atoms with van der Waals surface area (Å²) in [5.74, 6) is -0.330. The zero-order chi connectivity index (χ0) is 15.4. The molecule has 0 radical (unpaired) electrons. The van der Waals surface area contributed by atoms with Crippen LogP contribution >= 0.6 is 0 Å². The number of methoxy groups -OCH3 is 1. The number of urea groups is 1. The number of carbonyl (C=O) groups is 3. The Kier molecular flexibility index (Phi) is 10.1. The van der Waals surface area contributed by atoms with Crippen LogP contribution in [0.4, 0.5) is 4.79 Å². The molecule has 0 aliphatic carbocycles. The van der Waals surface area contributed by atoms with E-state index in [0.717, 1.165) is 0 Å². The third-order valence-electron chi connectivity index (χ3n) is 2.41. The highest BCUT2D eigenvalue weighted by molar-refractivity contribution is 5.78. The maximum absolute atomic E-state index is 11.4. The van der Waals surface area contributed by atoms with Crippen molar-refractivity contribution in [2.45, 2.75) is 45.6 Å². The number of rotatable bonds is 9. The third kappa shape index (κ3) is 11.3. The van der Waals surface area contributed by atoms with Gasteiger partial charge in [0.05, 0.1) is 7.11 Å². The van der Waals surface area contributed by atoms with Gasteiger partial charge in [0.1, 0.15) is 0 Å². The zero-order valence-corrected chi connectivity index (χ0v) is 12.5. The van der Waals surface area contributed by atoms with Crippen LogP contribution in [0.15, 0.2) is 0 Å². The molecule has 7 heteroatoms. The molecule has 0 aliphatic heterocycles. The van der Waals surface area contributed by atoms with Crippen molar-refractivity contribution in [2.24, 2.45) is 0 Å². The van der Waals surface area contributed by atoms with Gasteiger partial charge in [-0.2, -0.15) is 0 Å². The molecule has 0 heterocycles. The lowest BCUT2D eigenvalue weighted by Gasteiger charge is -2.09. The second-order valence-corrected chi connectivity index (χ2v) is 4.69. The van der Waals surface area contributed by atoms with Crippen LogP contribution in [-0.2, 0) is 14.3 Å². The van der Waals surface area contributed by atoms with E-state index in [4.69, 9.17) is 0 Å². The second-order valence-electron chi connectivity index (χ2n) is 4.69. The van der Waals surface area contributed by atoms with Gasteiger partial charge in [0.15, 0.2) is 0 Å². The Bertz CT molecular complexity index is 319. The summed E-state index contributed by atoms with van der Waals surface area (Å²) in [5, 5.41) is 7.99. The van der Waals surface area contributed by atoms with Crippen LogP contribution in [0, 0.1) is 0 Å². The van der Waals surface area contributed by atoms with Gasteiger partial charge in [-0.25, -0.2) is 4.79 Å². The molecule has 0 spiro atoms. The van der Waals surface area contributed by atoms with E-state index in [9.17, 15) is 14.4 Å². The lowest BCUT2D eigenvalue weighted by molar-refractivity contribution is -0.140. The summed E-state index contributed by atoms with van der Waals surface area (Å²) in [6.07, 6.45) is 1.99. The van der Waals surface area contributed by atoms with Crippen molar-refractivity contribution in [3.8, 4) is 0 Å². The van der Waals surface area contributed by atoms with Crippen molar-refractivity contribution >= 4 is 17.9 Å². The minimum atomic E-state index is -0.305. The maximum Gasteiger partial charge on any atom is 0.314 e. The number of amides is 3. The molecule has 0 atom stereocenters. The summed E-state index contributed by atoms with van der Waals surface area (Å²) >= 11 is 0. The molecule has 0 unspecified atom stereocenters. The van der Waals surface area contributed by atoms with Crippen molar-refractivity contribution in [1.82, 2.24) is 16.0 Å². The van der Waals surface area contributed by atoms with E-state index >= 15 is 0 Å². The Morgan fingerprint density at radius 1 is 1.00 bits per heavy atom. The average molecular weight is 287 g/mol. The van der Waals surface area contributed by atoms with Gasteiger partial charge in [0.25, 0.3) is 0 Å². The Morgan fingerprint density at radius 2 is 1.65 bits per heavy atom. The topological polar surface area (TPSA) is 96.5 Å². The highest BCUT2D eigenvalue weighted by Crippen LogP contribution is 1.95. The van der Waals surface area contributed by atoms with Gasteiger partial charge in [-0.1, -0.05) is 0 Å². The Labute approximate surface area is 119 Å². The SMILES string of the molecule is COC(=O)CCCCNC(=O)NCCC(=O)NC(C)C. The van der Waals surface area contributed by atoms with Crippen LogP contribution in [0.25, 0.3) is 0 Å². The van der Waals surface area contributed by atoms with Gasteiger partial charge >= 0.3 is 12.0 Å². The zero-order valence-electron chi connectivity index (χ0n) is 12.5. The van der Waals surface area contributed by atoms with E-state index in [0.29, 0.717) is 32.4 Å². The standard InChI is InChI=1S/C13H25N3O4/c1-10(2)16-11(17)7-9-15-13(19)14-8-5-4-6-12(18)20-3/h10H,4-9H2,1-3H3,(H,16,17)(H2,14,15,19). The van der Waals surface area contributed by atoms with E-state index in [1.165, 1.54) is 7.11 Å². The molecule has 20 heavy (non-hydrogen) atoms. The minimum Gasteiger partial charge on any atom is -0.469 e. The highest BCUT2D eigenvalue weighted by atomic mass is 16.5. The number of unbranched alkanes of at least 4 members (excludes halogenated alkanes) is 1. The first kappa shape index (κ1) is 18.2. The molecule has 0 saturated carbocycles. The Hall–Kier alpha value is -1.79. The molecule has 0 aromatic rings. The lowest BCUT2D eigenvalue weighted by Crippen LogP contribution is -2.39. The summed E-state index contributed by atoms with van der Waals surface area (Å²) in [6, 6.07) is -0.202. The number of esters is 1. The van der Waals surface area contributed by atoms with Crippen molar-refractivity contribution in [2.75, 3.05) is 20.2 Å². The predicted molar refractivity (Wildman–Crippen MR) is 75.2 cm³/mol. The summed E-state index contributed by atoms with van der Waals surface area (Å²) in [7, 11) is 1.35. The van der Waals surface area contributed by atoms with Gasteiger partial charge in [0.2, 0.25) is 5.91 Å². The lowest BCUT2D eigenvalue weighted by atomic mass is 10.2. The molecule has 3 N–H and O–H groups in total. The molecular weight excluding hydrogens is 262 g/mol. The highest BCUT2D eigenvalue weighted by Gasteiger charge is 2.05. The third-order valence-corrected chi connectivity index (χ3v) is 2.41. The summed E-state index contributed by atoms with van der Waals surface area (Å²) in [4.78, 5) is 33.5. The van der Waals surface area contributed by atoms with Crippen LogP contribution in [0.2, 0.25) is 0 Å². The number of hydrogen-bond acceptors (Lipinski definition) is 4. The van der Waals surface area contributed by atoms with E-state index in [2.05, 4.69) is 20.7 Å². The summed E-state index contributed by atoms with van der Waals surface area (Å²) < 4.78 is 4.50. The van der Waals surface area contributed by atoms with Crippen LogP contribution in [-0.4, -0.2) is 44.1 Å². The summed E-state index contributed by atoms with van der Waals surface area (Å²) in [6.45, 7) is 4.55. The second kappa shape index (κ2) is 11.1. The van der Waals surface area contributed by atoms with Crippen molar-refractivity contribution in [3.63, 3.8) is 0 Å². The molecule has 0 bridgehead atoms. The fourth-order valence-electron chi connectivity index (χ4n) is 1.44. The number of ether oxygens (including phenoxy) is 1. The van der Waals surface area contributed by atoms with Crippen LogP contribution < -0.4 is 16.0 Å². The van der Waals surface area contributed by atoms with Gasteiger partial charge in [0, 0.05) is 32.0 Å². The van der Waals surface area contributed by atoms with Crippen molar-refractivity contribution in [1.29, 1.82) is 0 Å². The van der Waals surface area contributed by atoms with Crippen LogP contribution in [0.3, 0.4) is 0 Å². The Balaban J connectivity index is 3.46. The monoisotopic (exact) mass is 287 g/mol. The van der Waals surface area contributed by atoms with Crippen LogP contribution in [0.5, 0.6) is 0 Å². The first-order valence-corrected chi connectivity index (χ1v) is 6.83. The normalized spacial score (nSPS) is 10.0. The van der Waals surface area contributed by atoms with Gasteiger partial charge in [-0.05, 0) is 26.7 Å². The first-order valence-electron chi connectivity index (χ1n) is 6.83. The van der Waals surface area contributed by atoms with Gasteiger partial charge in [-0.15, -0.1) is 0 Å². The molecular formula is C13H25N3O4. The quantitative estimate of drug-likeness (QED) is 0.426. The molecule has 3 amide bonds. The molecule has 0 fully saturated rings. The largest absolute Gasteiger partial charge is 0.469 e. The number of hydrogen-bond donors (Lipinski definition) is 3. The fraction of sp³-hybridized carbons (Fsp3) is 0.769. The number of nitrogens with one attached hydrogen (secondary N) is 3. The average Bonchev–Trinajstić information content (AvgIpc) is 2.37. The van der Waals surface area contributed by atoms with Gasteiger partial charge < -0.3 is 20.7 Å². The molecule has 0 rings (SSSR count). The molecule has 0 aromatic heterocycles. The molecule has 7 nitrogen and oxygen atoms in total. The van der Waals surface area contributed by atoms with Crippen LogP contribution in [0.1, 0.15) is 39.5 Å². The van der Waals surface area contributed by atoms with Crippen molar-refractivity contribution < 1.29 is 19.1 Å². The number of carbonyl (C=O) groups excluding carboxylic acids is 3.